The zero-order valence-electron chi connectivity index (χ0n) is 16.5. The van der Waals surface area contributed by atoms with Crippen molar-refractivity contribution in [3.05, 3.63) is 78.0 Å². The largest absolute Gasteiger partial charge is 0.416 e. The van der Waals surface area contributed by atoms with Crippen molar-refractivity contribution < 1.29 is 18.0 Å². The van der Waals surface area contributed by atoms with Crippen LogP contribution < -0.4 is 4.90 Å². The van der Waals surface area contributed by atoms with Crippen LogP contribution in [0, 0.1) is 0 Å². The summed E-state index contributed by atoms with van der Waals surface area (Å²) in [5.41, 5.74) is -0.211. The second kappa shape index (κ2) is 8.42. The Morgan fingerprint density at radius 3 is 2.62 bits per heavy atom. The van der Waals surface area contributed by atoms with Gasteiger partial charge in [0.25, 0.3) is 0 Å². The van der Waals surface area contributed by atoms with Gasteiger partial charge in [-0.15, -0.1) is 0 Å². The molecule has 0 bridgehead atoms. The Bertz CT molecular complexity index is 1220. The molecule has 0 spiro atoms. The second-order valence-electron chi connectivity index (χ2n) is 6.76. The van der Waals surface area contributed by atoms with E-state index in [1.165, 1.54) is 17.1 Å². The minimum absolute atomic E-state index is 0.0229. The number of alkyl halides is 3. The van der Waals surface area contributed by atoms with Gasteiger partial charge in [0.2, 0.25) is 6.41 Å². The molecule has 164 valence electrons. The Labute approximate surface area is 184 Å². The molecule has 0 aliphatic heterocycles. The summed E-state index contributed by atoms with van der Waals surface area (Å²) in [6.45, 7) is 1.61. The zero-order chi connectivity index (χ0) is 22.9. The fourth-order valence-corrected chi connectivity index (χ4v) is 3.40. The van der Waals surface area contributed by atoms with Crippen LogP contribution in [0.2, 0.25) is 5.02 Å². The molecular weight excluding hydrogens is 447 g/mol. The van der Waals surface area contributed by atoms with Crippen LogP contribution in [0.25, 0.3) is 11.5 Å². The number of aromatic nitrogens is 6. The van der Waals surface area contributed by atoms with Crippen molar-refractivity contribution in [2.24, 2.45) is 0 Å². The summed E-state index contributed by atoms with van der Waals surface area (Å²) >= 11 is 5.88. The Hall–Kier alpha value is -3.73. The molecule has 1 amide bonds. The molecule has 1 aromatic carbocycles. The molecule has 3 heterocycles. The van der Waals surface area contributed by atoms with E-state index in [0.717, 1.165) is 22.7 Å². The number of imidazole rings is 1. The molecule has 12 heteroatoms. The number of nitrogens with zero attached hydrogens (tertiary/aromatic N) is 7. The monoisotopic (exact) mass is 461 g/mol. The van der Waals surface area contributed by atoms with E-state index in [1.807, 2.05) is 0 Å². The van der Waals surface area contributed by atoms with E-state index in [9.17, 15) is 18.0 Å². The maximum Gasteiger partial charge on any atom is 0.416 e. The lowest BCUT2D eigenvalue weighted by molar-refractivity contribution is -0.137. The quantitative estimate of drug-likeness (QED) is 0.401. The van der Waals surface area contributed by atoms with Crippen LogP contribution >= 0.6 is 11.6 Å². The third-order valence-electron chi connectivity index (χ3n) is 4.74. The van der Waals surface area contributed by atoms with E-state index in [2.05, 4.69) is 20.1 Å². The molecule has 1 atom stereocenters. The fraction of sp³-hybridized carbons (Fsp3) is 0.150. The van der Waals surface area contributed by atoms with E-state index in [4.69, 9.17) is 11.6 Å². The standard InChI is InChI=1S/C20H15ClF3N7O/c1-13(30(12-32)17-7-14(20(22,23)24)6-15(21)8-17)19-27-10-28-31(19)18-3-2-16(9-26-18)29-5-4-25-11-29/h2-13H,1H3. The minimum Gasteiger partial charge on any atom is -0.305 e. The molecule has 4 aromatic rings. The lowest BCUT2D eigenvalue weighted by Crippen LogP contribution is -2.28. The Kier molecular flexibility index (Phi) is 5.66. The van der Waals surface area contributed by atoms with Gasteiger partial charge in [0.1, 0.15) is 6.33 Å². The topological polar surface area (TPSA) is 81.7 Å². The third-order valence-corrected chi connectivity index (χ3v) is 4.96. The molecule has 0 saturated heterocycles. The maximum absolute atomic E-state index is 13.2. The predicted molar refractivity (Wildman–Crippen MR) is 110 cm³/mol. The van der Waals surface area contributed by atoms with Crippen molar-refractivity contribution >= 4 is 23.7 Å². The first-order valence-electron chi connectivity index (χ1n) is 9.24. The molecular formula is C20H15ClF3N7O. The Balaban J connectivity index is 1.67. The molecule has 0 aliphatic rings. The molecule has 0 radical (unpaired) electrons. The lowest BCUT2D eigenvalue weighted by atomic mass is 10.1. The van der Waals surface area contributed by atoms with Crippen LogP contribution in [-0.4, -0.2) is 35.7 Å². The van der Waals surface area contributed by atoms with Gasteiger partial charge in [-0.25, -0.2) is 15.0 Å². The lowest BCUT2D eigenvalue weighted by Gasteiger charge is -2.25. The Morgan fingerprint density at radius 1 is 1.19 bits per heavy atom. The average Bonchev–Trinajstić information content (AvgIpc) is 3.46. The first-order chi connectivity index (χ1) is 15.3. The summed E-state index contributed by atoms with van der Waals surface area (Å²) in [4.78, 5) is 25.5. The smallest absolute Gasteiger partial charge is 0.305 e. The molecule has 32 heavy (non-hydrogen) atoms. The molecule has 0 N–H and O–H groups in total. The Morgan fingerprint density at radius 2 is 2.00 bits per heavy atom. The van der Waals surface area contributed by atoms with Crippen molar-refractivity contribution in [1.29, 1.82) is 0 Å². The molecule has 0 aliphatic carbocycles. The van der Waals surface area contributed by atoms with Crippen LogP contribution in [0.15, 0.2) is 61.6 Å². The highest BCUT2D eigenvalue weighted by molar-refractivity contribution is 6.31. The molecule has 4 rings (SSSR count). The van der Waals surface area contributed by atoms with Crippen molar-refractivity contribution in [2.45, 2.75) is 19.1 Å². The van der Waals surface area contributed by atoms with E-state index in [1.54, 1.807) is 48.5 Å². The van der Waals surface area contributed by atoms with Gasteiger partial charge in [0, 0.05) is 23.1 Å². The van der Waals surface area contributed by atoms with Crippen molar-refractivity contribution in [3.8, 4) is 11.5 Å². The van der Waals surface area contributed by atoms with Crippen LogP contribution in [0.3, 0.4) is 0 Å². The number of amides is 1. The number of carbonyl (C=O) groups is 1. The van der Waals surface area contributed by atoms with Crippen molar-refractivity contribution in [3.63, 3.8) is 0 Å². The molecule has 8 nitrogen and oxygen atoms in total. The number of hydrogen-bond donors (Lipinski definition) is 0. The van der Waals surface area contributed by atoms with Crippen LogP contribution in [-0.2, 0) is 11.0 Å². The third kappa shape index (κ3) is 4.19. The highest BCUT2D eigenvalue weighted by Gasteiger charge is 2.32. The highest BCUT2D eigenvalue weighted by Crippen LogP contribution is 2.36. The van der Waals surface area contributed by atoms with Crippen LogP contribution in [0.1, 0.15) is 24.4 Å². The summed E-state index contributed by atoms with van der Waals surface area (Å²) in [5.74, 6) is 0.717. The highest BCUT2D eigenvalue weighted by atomic mass is 35.5. The number of carbonyl (C=O) groups excluding carboxylic acids is 1. The molecule has 1 unspecified atom stereocenters. The first kappa shape index (κ1) is 21.5. The molecule has 0 saturated carbocycles. The fourth-order valence-electron chi connectivity index (χ4n) is 3.17. The normalized spacial score (nSPS) is 12.5. The maximum atomic E-state index is 13.2. The van der Waals surface area contributed by atoms with Crippen molar-refractivity contribution in [2.75, 3.05) is 4.90 Å². The number of rotatable bonds is 6. The summed E-state index contributed by atoms with van der Waals surface area (Å²) < 4.78 is 42.8. The molecule has 0 fully saturated rings. The average molecular weight is 462 g/mol. The van der Waals surface area contributed by atoms with Gasteiger partial charge in [-0.2, -0.15) is 23.0 Å². The van der Waals surface area contributed by atoms with Gasteiger partial charge in [0.05, 0.1) is 29.8 Å². The summed E-state index contributed by atoms with van der Waals surface area (Å²) in [6.07, 6.45) is 3.73. The minimum atomic E-state index is -4.61. The number of benzene rings is 1. The van der Waals surface area contributed by atoms with Crippen molar-refractivity contribution in [1.82, 2.24) is 29.3 Å². The van der Waals surface area contributed by atoms with Gasteiger partial charge >= 0.3 is 6.18 Å². The van der Waals surface area contributed by atoms with E-state index in [-0.39, 0.29) is 10.7 Å². The van der Waals surface area contributed by atoms with Crippen LogP contribution in [0.5, 0.6) is 0 Å². The number of hydrogen-bond acceptors (Lipinski definition) is 5. The summed E-state index contributed by atoms with van der Waals surface area (Å²) in [7, 11) is 0. The van der Waals surface area contributed by atoms with Gasteiger partial charge in [0.15, 0.2) is 11.6 Å². The van der Waals surface area contributed by atoms with E-state index >= 15 is 0 Å². The van der Waals surface area contributed by atoms with E-state index in [0.29, 0.717) is 18.1 Å². The van der Waals surface area contributed by atoms with Gasteiger partial charge in [-0.3, -0.25) is 4.79 Å². The van der Waals surface area contributed by atoms with E-state index < -0.39 is 17.8 Å². The predicted octanol–water partition coefficient (Wildman–Crippen LogP) is 4.24. The van der Waals surface area contributed by atoms with Crippen LogP contribution in [0.4, 0.5) is 18.9 Å². The SMILES string of the molecule is CC(c1ncnn1-c1ccc(-n2ccnc2)cn1)N(C=O)c1cc(Cl)cc(C(F)(F)F)c1. The van der Waals surface area contributed by atoms with Gasteiger partial charge in [-0.05, 0) is 37.3 Å². The second-order valence-corrected chi connectivity index (χ2v) is 7.20. The number of anilines is 1. The van der Waals surface area contributed by atoms with Gasteiger partial charge in [-0.1, -0.05) is 11.6 Å². The zero-order valence-corrected chi connectivity index (χ0v) is 17.2. The summed E-state index contributed by atoms with van der Waals surface area (Å²) in [6, 6.07) is 5.66. The summed E-state index contributed by atoms with van der Waals surface area (Å²) in [5, 5.41) is 4.01. The van der Waals surface area contributed by atoms with Gasteiger partial charge < -0.3 is 9.47 Å². The first-order valence-corrected chi connectivity index (χ1v) is 9.62. The molecule has 3 aromatic heterocycles. The number of halogens is 4. The number of pyridine rings is 1.